The lowest BCUT2D eigenvalue weighted by Gasteiger charge is -2.43. The summed E-state index contributed by atoms with van der Waals surface area (Å²) in [5.74, 6) is 0.281. The van der Waals surface area contributed by atoms with Crippen molar-refractivity contribution in [2.45, 2.75) is 43.3 Å². The number of ether oxygens (including phenoxy) is 1. The average Bonchev–Trinajstić information content (AvgIpc) is 2.95. The van der Waals surface area contributed by atoms with Gasteiger partial charge in [-0.15, -0.1) is 0 Å². The van der Waals surface area contributed by atoms with E-state index in [-0.39, 0.29) is 28.3 Å². The van der Waals surface area contributed by atoms with E-state index in [9.17, 15) is 22.8 Å². The van der Waals surface area contributed by atoms with Crippen LogP contribution in [0.25, 0.3) is 0 Å². The summed E-state index contributed by atoms with van der Waals surface area (Å²) < 4.78 is 44.0. The lowest BCUT2D eigenvalue weighted by atomic mass is 9.68. The zero-order valence-corrected chi connectivity index (χ0v) is 15.4. The lowest BCUT2D eigenvalue weighted by Crippen LogP contribution is -2.58. The van der Waals surface area contributed by atoms with E-state index < -0.39 is 17.8 Å². The molecule has 150 valence electrons. The van der Waals surface area contributed by atoms with Crippen LogP contribution in [0.1, 0.15) is 36.0 Å². The molecular formula is C20H21F3N2O3. The Hall–Kier alpha value is -2.25. The SMILES string of the molecule is Cc1cc(C23CC2CN(C(=O)[C@H]2C[C@]4(COC(=O)N4)C2)C3)ccc1C(F)(F)F. The molecule has 28 heavy (non-hydrogen) atoms. The van der Waals surface area contributed by atoms with Gasteiger partial charge in [0.2, 0.25) is 5.91 Å². The molecule has 4 fully saturated rings. The number of rotatable bonds is 2. The zero-order chi connectivity index (χ0) is 19.9. The van der Waals surface area contributed by atoms with Gasteiger partial charge in [0.15, 0.2) is 0 Å². The number of hydrogen-bond acceptors (Lipinski definition) is 3. The number of hydrogen-bond donors (Lipinski definition) is 1. The second kappa shape index (κ2) is 5.42. The van der Waals surface area contributed by atoms with Gasteiger partial charge in [-0.1, -0.05) is 12.1 Å². The Morgan fingerprint density at radius 1 is 1.29 bits per heavy atom. The number of piperidine rings is 1. The van der Waals surface area contributed by atoms with Crippen molar-refractivity contribution in [2.75, 3.05) is 19.7 Å². The number of alkyl halides is 3. The molecule has 5 rings (SSSR count). The molecule has 0 bridgehead atoms. The van der Waals surface area contributed by atoms with E-state index in [1.807, 2.05) is 4.90 Å². The minimum Gasteiger partial charge on any atom is -0.447 e. The number of nitrogens with one attached hydrogen (secondary N) is 1. The van der Waals surface area contributed by atoms with Crippen molar-refractivity contribution < 1.29 is 27.5 Å². The molecule has 2 aliphatic heterocycles. The third-order valence-corrected chi connectivity index (χ3v) is 7.03. The molecule has 1 aromatic carbocycles. The number of likely N-dealkylation sites (tertiary alicyclic amines) is 1. The van der Waals surface area contributed by atoms with Gasteiger partial charge in [0.25, 0.3) is 0 Å². The minimum atomic E-state index is -4.35. The summed E-state index contributed by atoms with van der Waals surface area (Å²) in [6, 6.07) is 4.38. The first kappa shape index (κ1) is 17.8. The highest BCUT2D eigenvalue weighted by Crippen LogP contribution is 2.60. The first-order valence-corrected chi connectivity index (χ1v) is 9.54. The van der Waals surface area contributed by atoms with E-state index in [1.54, 1.807) is 12.1 Å². The normalized spacial score (nSPS) is 36.0. The molecule has 5 nitrogen and oxygen atoms in total. The van der Waals surface area contributed by atoms with Gasteiger partial charge in [-0.3, -0.25) is 4.79 Å². The van der Waals surface area contributed by atoms with Crippen LogP contribution in [0.15, 0.2) is 18.2 Å². The van der Waals surface area contributed by atoms with Crippen molar-refractivity contribution in [3.63, 3.8) is 0 Å². The summed E-state index contributed by atoms with van der Waals surface area (Å²) in [5, 5.41) is 2.79. The summed E-state index contributed by atoms with van der Waals surface area (Å²) in [7, 11) is 0. The lowest BCUT2D eigenvalue weighted by molar-refractivity contribution is -0.140. The molecule has 0 radical (unpaired) electrons. The Kier molecular flexibility index (Phi) is 3.45. The second-order valence-electron chi connectivity index (χ2n) is 8.89. The van der Waals surface area contributed by atoms with Gasteiger partial charge < -0.3 is 15.0 Å². The van der Waals surface area contributed by atoms with Crippen LogP contribution in [0.2, 0.25) is 0 Å². The molecule has 2 saturated heterocycles. The molecule has 2 amide bonds. The van der Waals surface area contributed by atoms with E-state index in [4.69, 9.17) is 4.74 Å². The molecule has 1 N–H and O–H groups in total. The highest BCUT2D eigenvalue weighted by Gasteiger charge is 2.63. The van der Waals surface area contributed by atoms with Crippen molar-refractivity contribution in [3.05, 3.63) is 34.9 Å². The molecule has 2 unspecified atom stereocenters. The molecule has 1 spiro atoms. The minimum absolute atomic E-state index is 0.0852. The molecule has 4 aliphatic rings. The van der Waals surface area contributed by atoms with Crippen LogP contribution in [-0.4, -0.2) is 42.1 Å². The summed E-state index contributed by atoms with van der Waals surface area (Å²) in [5.41, 5.74) is -0.0530. The standard InChI is InChI=1S/C20H21F3N2O3/c1-11-4-13(2-3-15(11)20(21,22)23)19-7-14(19)8-25(9-19)16(26)12-5-18(6-12)10-28-17(27)24-18/h2-4,12,14H,5-10H2,1H3,(H,24,27)/t12-,14?,18+,19?. The Balaban J connectivity index is 1.27. The third-order valence-electron chi connectivity index (χ3n) is 7.03. The molecule has 1 aromatic rings. The Bertz CT molecular complexity index is 878. The maximum absolute atomic E-state index is 13.0. The first-order chi connectivity index (χ1) is 13.1. The van der Waals surface area contributed by atoms with Gasteiger partial charge in [-0.2, -0.15) is 13.2 Å². The van der Waals surface area contributed by atoms with E-state index in [0.29, 0.717) is 38.5 Å². The Morgan fingerprint density at radius 3 is 2.64 bits per heavy atom. The van der Waals surface area contributed by atoms with Crippen molar-refractivity contribution in [1.29, 1.82) is 0 Å². The van der Waals surface area contributed by atoms with E-state index in [2.05, 4.69) is 5.32 Å². The van der Waals surface area contributed by atoms with Crippen LogP contribution in [-0.2, 0) is 21.1 Å². The van der Waals surface area contributed by atoms with E-state index in [1.165, 1.54) is 6.92 Å². The molecular weight excluding hydrogens is 373 g/mol. The average molecular weight is 394 g/mol. The summed E-state index contributed by atoms with van der Waals surface area (Å²) in [6.45, 7) is 3.02. The number of benzene rings is 1. The molecule has 8 heteroatoms. The predicted molar refractivity (Wildman–Crippen MR) is 92.5 cm³/mol. The van der Waals surface area contributed by atoms with Crippen LogP contribution in [0, 0.1) is 18.8 Å². The molecule has 2 atom stereocenters. The highest BCUT2D eigenvalue weighted by molar-refractivity contribution is 5.82. The largest absolute Gasteiger partial charge is 0.447 e. The number of alkyl carbamates (subject to hydrolysis) is 1. The Labute approximate surface area is 160 Å². The van der Waals surface area contributed by atoms with E-state index in [0.717, 1.165) is 18.1 Å². The van der Waals surface area contributed by atoms with Gasteiger partial charge in [0.05, 0.1) is 11.1 Å². The van der Waals surface area contributed by atoms with Crippen molar-refractivity contribution >= 4 is 12.0 Å². The number of nitrogens with zero attached hydrogens (tertiary/aromatic N) is 1. The molecule has 0 aromatic heterocycles. The van der Waals surface area contributed by atoms with Crippen LogP contribution < -0.4 is 5.32 Å². The third kappa shape index (κ3) is 2.53. The van der Waals surface area contributed by atoms with Gasteiger partial charge in [0, 0.05) is 24.4 Å². The molecule has 2 aliphatic carbocycles. The Morgan fingerprint density at radius 2 is 2.04 bits per heavy atom. The quantitative estimate of drug-likeness (QED) is 0.839. The van der Waals surface area contributed by atoms with Crippen LogP contribution in [0.4, 0.5) is 18.0 Å². The summed E-state index contributed by atoms with van der Waals surface area (Å²) in [6.07, 6.45) is -2.68. The number of aryl methyl sites for hydroxylation is 1. The van der Waals surface area contributed by atoms with Crippen LogP contribution in [0.5, 0.6) is 0 Å². The van der Waals surface area contributed by atoms with Crippen molar-refractivity contribution in [3.8, 4) is 0 Å². The van der Waals surface area contributed by atoms with Gasteiger partial charge >= 0.3 is 12.3 Å². The fraction of sp³-hybridized carbons (Fsp3) is 0.600. The molecule has 2 saturated carbocycles. The maximum Gasteiger partial charge on any atom is 0.416 e. The summed E-state index contributed by atoms with van der Waals surface area (Å²) in [4.78, 5) is 26.0. The number of carbonyl (C=O) groups excluding carboxylic acids is 2. The van der Waals surface area contributed by atoms with Crippen LogP contribution in [0.3, 0.4) is 0 Å². The number of fused-ring (bicyclic) bond motifs is 1. The number of halogens is 3. The smallest absolute Gasteiger partial charge is 0.416 e. The first-order valence-electron chi connectivity index (χ1n) is 9.54. The van der Waals surface area contributed by atoms with Gasteiger partial charge in [-0.25, -0.2) is 4.79 Å². The van der Waals surface area contributed by atoms with Gasteiger partial charge in [-0.05, 0) is 49.3 Å². The number of cyclic esters (lactones) is 1. The van der Waals surface area contributed by atoms with Gasteiger partial charge in [0.1, 0.15) is 6.61 Å². The second-order valence-corrected chi connectivity index (χ2v) is 8.89. The van der Waals surface area contributed by atoms with Crippen molar-refractivity contribution in [2.24, 2.45) is 11.8 Å². The highest BCUT2D eigenvalue weighted by atomic mass is 19.4. The van der Waals surface area contributed by atoms with Crippen LogP contribution >= 0.6 is 0 Å². The number of carbonyl (C=O) groups is 2. The maximum atomic E-state index is 13.0. The predicted octanol–water partition coefficient (Wildman–Crippen LogP) is 3.00. The topological polar surface area (TPSA) is 58.6 Å². The zero-order valence-electron chi connectivity index (χ0n) is 15.4. The van der Waals surface area contributed by atoms with Crippen molar-refractivity contribution in [1.82, 2.24) is 10.2 Å². The van der Waals surface area contributed by atoms with E-state index >= 15 is 0 Å². The monoisotopic (exact) mass is 394 g/mol. The summed E-state index contributed by atoms with van der Waals surface area (Å²) >= 11 is 0. The fourth-order valence-corrected chi connectivity index (χ4v) is 5.42. The number of amides is 2. The molecule has 2 heterocycles. The fourth-order valence-electron chi connectivity index (χ4n) is 5.42.